The van der Waals surface area contributed by atoms with Gasteiger partial charge in [0.15, 0.2) is 0 Å². The zero-order chi connectivity index (χ0) is 19.8. The van der Waals surface area contributed by atoms with Gasteiger partial charge in [0.2, 0.25) is 5.91 Å². The first-order chi connectivity index (χ1) is 13.5. The summed E-state index contributed by atoms with van der Waals surface area (Å²) in [6, 6.07) is 8.83. The Kier molecular flexibility index (Phi) is 5.03. The van der Waals surface area contributed by atoms with Crippen LogP contribution in [0.3, 0.4) is 0 Å². The Balaban J connectivity index is 1.72. The lowest BCUT2D eigenvalue weighted by molar-refractivity contribution is -0.141. The molecule has 9 heteroatoms. The summed E-state index contributed by atoms with van der Waals surface area (Å²) < 4.78 is 33.4. The number of methoxy groups -OCH3 is 1. The average molecular weight is 420 g/mol. The number of aromatic nitrogens is 1. The zero-order valence-corrected chi connectivity index (χ0v) is 16.3. The molecule has 0 bridgehead atoms. The maximum atomic E-state index is 14.5. The molecular formula is C19H14F2N2O3S2. The molecule has 1 aliphatic rings. The molecule has 0 aliphatic carbocycles. The van der Waals surface area contributed by atoms with Crippen LogP contribution in [0.5, 0.6) is 0 Å². The Morgan fingerprint density at radius 2 is 2.11 bits per heavy atom. The maximum Gasteiger partial charge on any atom is 0.307 e. The summed E-state index contributed by atoms with van der Waals surface area (Å²) in [5.41, 5.74) is 0.655. The van der Waals surface area contributed by atoms with Crippen molar-refractivity contribution in [2.24, 2.45) is 0 Å². The van der Waals surface area contributed by atoms with E-state index in [4.69, 9.17) is 0 Å². The lowest BCUT2D eigenvalue weighted by atomic mass is 10.2. The van der Waals surface area contributed by atoms with E-state index in [0.717, 1.165) is 16.5 Å². The van der Waals surface area contributed by atoms with Crippen molar-refractivity contribution < 1.29 is 23.1 Å². The number of fused-ring (bicyclic) bond motifs is 2. The third-order valence-electron chi connectivity index (χ3n) is 4.30. The molecule has 28 heavy (non-hydrogen) atoms. The Bertz CT molecular complexity index is 1090. The molecule has 1 atom stereocenters. The van der Waals surface area contributed by atoms with Gasteiger partial charge >= 0.3 is 5.97 Å². The molecule has 0 spiro atoms. The number of anilines is 1. The normalized spacial score (nSPS) is 16.3. The van der Waals surface area contributed by atoms with Gasteiger partial charge in [-0.05, 0) is 24.3 Å². The van der Waals surface area contributed by atoms with Gasteiger partial charge in [-0.3, -0.25) is 9.59 Å². The molecule has 3 aromatic rings. The van der Waals surface area contributed by atoms with E-state index in [1.54, 1.807) is 18.2 Å². The van der Waals surface area contributed by atoms with Gasteiger partial charge in [-0.2, -0.15) is 0 Å². The minimum Gasteiger partial charge on any atom is -0.469 e. The summed E-state index contributed by atoms with van der Waals surface area (Å²) in [5.74, 6) is -1.83. The SMILES string of the molecule is COC(=O)CC1Sc2cccc(F)c2N(Cc2nc3cc(F)ccc3s2)C1=O. The molecule has 0 fully saturated rings. The van der Waals surface area contributed by atoms with Gasteiger partial charge < -0.3 is 9.64 Å². The van der Waals surface area contributed by atoms with Crippen molar-refractivity contribution in [2.45, 2.75) is 23.1 Å². The number of ether oxygens (including phenoxy) is 1. The number of hydrogen-bond donors (Lipinski definition) is 0. The Morgan fingerprint density at radius 3 is 2.89 bits per heavy atom. The van der Waals surface area contributed by atoms with Gasteiger partial charge in [-0.15, -0.1) is 23.1 Å². The number of hydrogen-bond acceptors (Lipinski definition) is 6. The molecule has 0 saturated carbocycles. The van der Waals surface area contributed by atoms with Crippen molar-refractivity contribution in [1.29, 1.82) is 0 Å². The van der Waals surface area contributed by atoms with E-state index < -0.39 is 28.8 Å². The van der Waals surface area contributed by atoms with E-state index in [9.17, 15) is 18.4 Å². The van der Waals surface area contributed by atoms with Crippen LogP contribution in [0.15, 0.2) is 41.3 Å². The first-order valence-corrected chi connectivity index (χ1v) is 10.0. The molecule has 1 aromatic heterocycles. The molecule has 1 unspecified atom stereocenters. The van der Waals surface area contributed by atoms with Crippen LogP contribution in [0, 0.1) is 11.6 Å². The predicted molar refractivity (Wildman–Crippen MR) is 103 cm³/mol. The number of thiazole rings is 1. The van der Waals surface area contributed by atoms with E-state index in [0.29, 0.717) is 15.4 Å². The zero-order valence-electron chi connectivity index (χ0n) is 14.6. The predicted octanol–water partition coefficient (Wildman–Crippen LogP) is 4.15. The van der Waals surface area contributed by atoms with Crippen LogP contribution < -0.4 is 4.90 Å². The van der Waals surface area contributed by atoms with Crippen LogP contribution in [-0.4, -0.2) is 29.2 Å². The second-order valence-electron chi connectivity index (χ2n) is 6.12. The number of carbonyl (C=O) groups excluding carboxylic acids is 2. The molecule has 2 aromatic carbocycles. The molecule has 144 valence electrons. The van der Waals surface area contributed by atoms with Gasteiger partial charge in [0.05, 0.1) is 41.2 Å². The summed E-state index contributed by atoms with van der Waals surface area (Å²) >= 11 is 2.45. The van der Waals surface area contributed by atoms with Crippen LogP contribution in [0.4, 0.5) is 14.5 Å². The standard InChI is InChI=1S/C19H14F2N2O3S2/c1-26-17(24)8-15-19(25)23(18-11(21)3-2-4-14(18)27-15)9-16-22-12-7-10(20)5-6-13(12)28-16/h2-7,15H,8-9H2,1H3. The number of nitrogens with zero attached hydrogens (tertiary/aromatic N) is 2. The molecule has 5 nitrogen and oxygen atoms in total. The molecule has 1 amide bonds. The van der Waals surface area contributed by atoms with Crippen molar-refractivity contribution in [3.63, 3.8) is 0 Å². The third-order valence-corrected chi connectivity index (χ3v) is 6.55. The molecule has 0 N–H and O–H groups in total. The molecule has 0 radical (unpaired) electrons. The number of para-hydroxylation sites is 1. The van der Waals surface area contributed by atoms with Crippen LogP contribution in [0.2, 0.25) is 0 Å². The van der Waals surface area contributed by atoms with E-state index >= 15 is 0 Å². The van der Waals surface area contributed by atoms with E-state index in [-0.39, 0.29) is 18.7 Å². The molecule has 1 aliphatic heterocycles. The number of carbonyl (C=O) groups is 2. The van der Waals surface area contributed by atoms with Gasteiger partial charge in [-0.1, -0.05) is 6.07 Å². The summed E-state index contributed by atoms with van der Waals surface area (Å²) in [5, 5.41) is -0.166. The quantitative estimate of drug-likeness (QED) is 0.594. The van der Waals surface area contributed by atoms with Gasteiger partial charge in [0.25, 0.3) is 0 Å². The fourth-order valence-corrected chi connectivity index (χ4v) is 5.18. The second-order valence-corrected chi connectivity index (χ2v) is 8.48. The number of rotatable bonds is 4. The van der Waals surface area contributed by atoms with Crippen LogP contribution in [0.25, 0.3) is 10.2 Å². The van der Waals surface area contributed by atoms with E-state index in [2.05, 4.69) is 9.72 Å². The number of halogens is 2. The lowest BCUT2D eigenvalue weighted by Gasteiger charge is -2.33. The van der Waals surface area contributed by atoms with E-state index in [1.807, 2.05) is 0 Å². The van der Waals surface area contributed by atoms with Crippen molar-refractivity contribution in [1.82, 2.24) is 4.98 Å². The monoisotopic (exact) mass is 420 g/mol. The van der Waals surface area contributed by atoms with Crippen LogP contribution in [0.1, 0.15) is 11.4 Å². The van der Waals surface area contributed by atoms with Crippen LogP contribution in [-0.2, 0) is 20.9 Å². The fraction of sp³-hybridized carbons (Fsp3) is 0.211. The second kappa shape index (κ2) is 7.48. The lowest BCUT2D eigenvalue weighted by Crippen LogP contribution is -2.42. The molecule has 2 heterocycles. The maximum absolute atomic E-state index is 14.5. The number of thioether (sulfide) groups is 1. The topological polar surface area (TPSA) is 59.5 Å². The highest BCUT2D eigenvalue weighted by Gasteiger charge is 2.37. The largest absolute Gasteiger partial charge is 0.469 e. The summed E-state index contributed by atoms with van der Waals surface area (Å²) in [4.78, 5) is 31.0. The first kappa shape index (κ1) is 18.8. The minimum absolute atomic E-state index is 0.0337. The number of esters is 1. The van der Waals surface area contributed by atoms with Crippen molar-refractivity contribution >= 4 is 50.9 Å². The summed E-state index contributed by atoms with van der Waals surface area (Å²) in [6.07, 6.45) is -0.114. The fourth-order valence-electron chi connectivity index (χ4n) is 3.01. The third kappa shape index (κ3) is 3.47. The molecular weight excluding hydrogens is 406 g/mol. The number of amides is 1. The van der Waals surface area contributed by atoms with E-state index in [1.165, 1.54) is 41.5 Å². The highest BCUT2D eigenvalue weighted by molar-refractivity contribution is 8.01. The van der Waals surface area contributed by atoms with Crippen molar-refractivity contribution in [2.75, 3.05) is 12.0 Å². The average Bonchev–Trinajstić information content (AvgIpc) is 3.06. The first-order valence-electron chi connectivity index (χ1n) is 8.34. The van der Waals surface area contributed by atoms with Crippen molar-refractivity contribution in [3.05, 3.63) is 53.0 Å². The Hall–Kier alpha value is -2.52. The van der Waals surface area contributed by atoms with Gasteiger partial charge in [-0.25, -0.2) is 13.8 Å². The highest BCUT2D eigenvalue weighted by atomic mass is 32.2. The van der Waals surface area contributed by atoms with Gasteiger partial charge in [0.1, 0.15) is 16.6 Å². The summed E-state index contributed by atoms with van der Waals surface area (Å²) in [6.45, 7) is 0.0337. The highest BCUT2D eigenvalue weighted by Crippen LogP contribution is 2.43. The molecule has 4 rings (SSSR count). The smallest absolute Gasteiger partial charge is 0.307 e. The summed E-state index contributed by atoms with van der Waals surface area (Å²) in [7, 11) is 1.26. The Morgan fingerprint density at radius 1 is 1.29 bits per heavy atom. The number of benzene rings is 2. The van der Waals surface area contributed by atoms with Crippen molar-refractivity contribution in [3.8, 4) is 0 Å². The van der Waals surface area contributed by atoms with Crippen LogP contribution >= 0.6 is 23.1 Å². The molecule has 0 saturated heterocycles. The van der Waals surface area contributed by atoms with Gasteiger partial charge in [0, 0.05) is 11.0 Å². The minimum atomic E-state index is -0.714. The Labute approximate surface area is 167 Å².